The third kappa shape index (κ3) is 4.82. The van der Waals surface area contributed by atoms with Crippen LogP contribution in [0.15, 0.2) is 68.9 Å². The Morgan fingerprint density at radius 3 is 2.56 bits per heavy atom. The number of carbonyl (C=O) groups excluding carboxylic acids is 1. The molecule has 1 aromatic heterocycles. The van der Waals surface area contributed by atoms with Crippen LogP contribution in [0.4, 0.5) is 11.4 Å². The lowest BCUT2D eigenvalue weighted by molar-refractivity contribution is -0.385. The molecule has 8 heteroatoms. The fraction of sp³-hybridized carbons (Fsp3) is 0.231. The number of benzene rings is 2. The second kappa shape index (κ2) is 9.69. The Kier molecular flexibility index (Phi) is 6.70. The molecule has 0 N–H and O–H groups in total. The van der Waals surface area contributed by atoms with Crippen LogP contribution in [0.5, 0.6) is 0 Å². The molecule has 0 radical (unpaired) electrons. The summed E-state index contributed by atoms with van der Waals surface area (Å²) in [6, 6.07) is 16.3. The third-order valence-electron chi connectivity index (χ3n) is 5.72. The molecule has 0 bridgehead atoms. The highest BCUT2D eigenvalue weighted by Gasteiger charge is 2.36. The SMILES string of the molecule is CC[C@@H](C)N1C(=O)/C(=C\c2ccc(-c3ccc(C)c([N+](=O)[O-])c3)o2)SC1=Nc1ccc(C)cc1. The van der Waals surface area contributed by atoms with Crippen LogP contribution >= 0.6 is 11.8 Å². The number of furan rings is 1. The maximum atomic E-state index is 13.2. The highest BCUT2D eigenvalue weighted by molar-refractivity contribution is 8.18. The van der Waals surface area contributed by atoms with Gasteiger partial charge >= 0.3 is 0 Å². The number of nitro groups is 1. The maximum Gasteiger partial charge on any atom is 0.273 e. The van der Waals surface area contributed by atoms with Crippen LogP contribution in [0, 0.1) is 24.0 Å². The minimum Gasteiger partial charge on any atom is -0.457 e. The average Bonchev–Trinajstić information content (AvgIpc) is 3.40. The van der Waals surface area contributed by atoms with Crippen molar-refractivity contribution in [3.8, 4) is 11.3 Å². The number of carbonyl (C=O) groups is 1. The Morgan fingerprint density at radius 2 is 1.88 bits per heavy atom. The molecule has 3 aromatic rings. The van der Waals surface area contributed by atoms with Crippen molar-refractivity contribution in [2.75, 3.05) is 0 Å². The zero-order valence-electron chi connectivity index (χ0n) is 19.4. The monoisotopic (exact) mass is 475 g/mol. The largest absolute Gasteiger partial charge is 0.457 e. The Bertz CT molecular complexity index is 1310. The average molecular weight is 476 g/mol. The molecule has 4 rings (SSSR count). The van der Waals surface area contributed by atoms with E-state index in [0.29, 0.717) is 32.7 Å². The smallest absolute Gasteiger partial charge is 0.273 e. The molecule has 0 unspecified atom stereocenters. The molecule has 7 nitrogen and oxygen atoms in total. The third-order valence-corrected chi connectivity index (χ3v) is 6.70. The molecule has 34 heavy (non-hydrogen) atoms. The Labute approximate surface area is 202 Å². The zero-order chi connectivity index (χ0) is 24.4. The van der Waals surface area contributed by atoms with Crippen molar-refractivity contribution in [2.45, 2.75) is 40.2 Å². The quantitative estimate of drug-likeness (QED) is 0.220. The second-order valence-electron chi connectivity index (χ2n) is 8.23. The first kappa shape index (κ1) is 23.5. The van der Waals surface area contributed by atoms with Crippen molar-refractivity contribution < 1.29 is 14.1 Å². The standard InChI is InChI=1S/C26H25N3O4S/c1-5-18(4)28-25(30)24(34-26(28)27-20-10-6-16(2)7-11-20)15-21-12-13-23(33-21)19-9-8-17(3)22(14-19)29(31)32/h6-15,18H,5H2,1-4H3/b24-15+,27-26?/t18-/m1/s1. The molecule has 1 saturated heterocycles. The number of nitro benzene ring substituents is 1. The molecule has 0 saturated carbocycles. The molecule has 0 aliphatic carbocycles. The number of thioether (sulfide) groups is 1. The molecule has 2 heterocycles. The first-order chi connectivity index (χ1) is 16.3. The molecular formula is C26H25N3O4S. The number of rotatable bonds is 6. The molecule has 174 valence electrons. The van der Waals surface area contributed by atoms with E-state index in [1.54, 1.807) is 42.2 Å². The van der Waals surface area contributed by atoms with Gasteiger partial charge in [0.25, 0.3) is 11.6 Å². The predicted molar refractivity (Wildman–Crippen MR) is 136 cm³/mol. The Hall–Kier alpha value is -3.65. The fourth-order valence-electron chi connectivity index (χ4n) is 3.54. The van der Waals surface area contributed by atoms with Gasteiger partial charge in [0, 0.05) is 29.3 Å². The number of nitrogens with zero attached hydrogens (tertiary/aromatic N) is 3. The molecular weight excluding hydrogens is 450 g/mol. The molecule has 1 atom stereocenters. The van der Waals surface area contributed by atoms with Crippen LogP contribution in [-0.2, 0) is 4.79 Å². The number of amides is 1. The summed E-state index contributed by atoms with van der Waals surface area (Å²) in [5.41, 5.74) is 3.16. The zero-order valence-corrected chi connectivity index (χ0v) is 20.3. The second-order valence-corrected chi connectivity index (χ2v) is 9.24. The van der Waals surface area contributed by atoms with Crippen LogP contribution < -0.4 is 0 Å². The normalized spacial score (nSPS) is 17.1. The predicted octanol–water partition coefficient (Wildman–Crippen LogP) is 6.87. The molecule has 1 aliphatic heterocycles. The highest BCUT2D eigenvalue weighted by Crippen LogP contribution is 2.37. The summed E-state index contributed by atoms with van der Waals surface area (Å²) in [6.45, 7) is 7.75. The van der Waals surface area contributed by atoms with Crippen molar-refractivity contribution in [1.82, 2.24) is 4.90 Å². The van der Waals surface area contributed by atoms with Crippen molar-refractivity contribution >= 4 is 40.3 Å². The maximum absolute atomic E-state index is 13.2. The van der Waals surface area contributed by atoms with Crippen molar-refractivity contribution in [3.05, 3.63) is 86.5 Å². The van der Waals surface area contributed by atoms with Crippen LogP contribution in [0.25, 0.3) is 17.4 Å². The summed E-state index contributed by atoms with van der Waals surface area (Å²) >= 11 is 1.32. The lowest BCUT2D eigenvalue weighted by Crippen LogP contribution is -2.36. The van der Waals surface area contributed by atoms with Gasteiger partial charge in [0.05, 0.1) is 15.5 Å². The Morgan fingerprint density at radius 1 is 1.15 bits per heavy atom. The van der Waals surface area contributed by atoms with Gasteiger partial charge in [0.1, 0.15) is 11.5 Å². The van der Waals surface area contributed by atoms with Gasteiger partial charge < -0.3 is 4.42 Å². The van der Waals surface area contributed by atoms with Crippen LogP contribution in [0.3, 0.4) is 0 Å². The van der Waals surface area contributed by atoms with E-state index < -0.39 is 4.92 Å². The summed E-state index contributed by atoms with van der Waals surface area (Å²) in [6.07, 6.45) is 2.50. The van der Waals surface area contributed by atoms with Crippen LogP contribution in [0.1, 0.15) is 37.2 Å². The van der Waals surface area contributed by atoms with Gasteiger partial charge in [-0.05, 0) is 63.2 Å². The van der Waals surface area contributed by atoms with E-state index in [0.717, 1.165) is 17.7 Å². The minimum atomic E-state index is -0.406. The summed E-state index contributed by atoms with van der Waals surface area (Å²) in [7, 11) is 0. The van der Waals surface area contributed by atoms with Gasteiger partial charge in [0.15, 0.2) is 5.17 Å². The number of hydrogen-bond donors (Lipinski definition) is 0. The number of aliphatic imine (C=N–C) groups is 1. The van der Waals surface area contributed by atoms with Crippen molar-refractivity contribution in [1.29, 1.82) is 0 Å². The number of amidine groups is 1. The van der Waals surface area contributed by atoms with E-state index in [1.807, 2.05) is 45.0 Å². The van der Waals surface area contributed by atoms with Crippen molar-refractivity contribution in [2.24, 2.45) is 4.99 Å². The van der Waals surface area contributed by atoms with Gasteiger partial charge in [-0.15, -0.1) is 0 Å². The lowest BCUT2D eigenvalue weighted by Gasteiger charge is -2.22. The Balaban J connectivity index is 1.65. The minimum absolute atomic E-state index is 0.00429. The summed E-state index contributed by atoms with van der Waals surface area (Å²) in [5, 5.41) is 11.9. The van der Waals surface area contributed by atoms with E-state index in [4.69, 9.17) is 9.41 Å². The molecule has 1 amide bonds. The van der Waals surface area contributed by atoms with E-state index in [-0.39, 0.29) is 17.6 Å². The van der Waals surface area contributed by atoms with Gasteiger partial charge in [0.2, 0.25) is 0 Å². The van der Waals surface area contributed by atoms with E-state index in [2.05, 4.69) is 0 Å². The topological polar surface area (TPSA) is 89.0 Å². The number of hydrogen-bond acceptors (Lipinski definition) is 6. The summed E-state index contributed by atoms with van der Waals surface area (Å²) in [5.74, 6) is 0.877. The van der Waals surface area contributed by atoms with E-state index >= 15 is 0 Å². The van der Waals surface area contributed by atoms with Gasteiger partial charge in [-0.1, -0.05) is 36.8 Å². The first-order valence-electron chi connectivity index (χ1n) is 11.0. The van der Waals surface area contributed by atoms with Crippen LogP contribution in [-0.4, -0.2) is 26.9 Å². The lowest BCUT2D eigenvalue weighted by atomic mass is 10.1. The first-order valence-corrected chi connectivity index (χ1v) is 11.8. The number of aryl methyl sites for hydroxylation is 2. The molecule has 1 fully saturated rings. The van der Waals surface area contributed by atoms with Crippen LogP contribution in [0.2, 0.25) is 0 Å². The summed E-state index contributed by atoms with van der Waals surface area (Å²) < 4.78 is 5.92. The van der Waals surface area contributed by atoms with Crippen molar-refractivity contribution in [3.63, 3.8) is 0 Å². The van der Waals surface area contributed by atoms with E-state index in [9.17, 15) is 14.9 Å². The molecule has 1 aliphatic rings. The van der Waals surface area contributed by atoms with Gasteiger partial charge in [-0.3, -0.25) is 19.8 Å². The summed E-state index contributed by atoms with van der Waals surface area (Å²) in [4.78, 5) is 31.1. The van der Waals surface area contributed by atoms with E-state index in [1.165, 1.54) is 17.8 Å². The molecule has 2 aromatic carbocycles. The highest BCUT2D eigenvalue weighted by atomic mass is 32.2. The van der Waals surface area contributed by atoms with Gasteiger partial charge in [-0.25, -0.2) is 4.99 Å². The molecule has 0 spiro atoms. The van der Waals surface area contributed by atoms with Gasteiger partial charge in [-0.2, -0.15) is 0 Å². The fourth-order valence-corrected chi connectivity index (χ4v) is 4.61.